The first-order valence-corrected chi connectivity index (χ1v) is 37.6. The fraction of sp³-hybridized carbons (Fsp3) is 0. The lowest BCUT2D eigenvalue weighted by Gasteiger charge is -2.12. The maximum absolute atomic E-state index is 9.16. The van der Waals surface area contributed by atoms with Gasteiger partial charge in [0, 0.05) is 51.4 Å². The highest BCUT2D eigenvalue weighted by atomic mass is 14.9. The zero-order chi connectivity index (χ0) is 76.4. The summed E-state index contributed by atoms with van der Waals surface area (Å²) in [7, 11) is 0. The number of nitrogens with zero attached hydrogens (tertiary/aromatic N) is 9. The first kappa shape index (κ1) is 68.5. The molecule has 0 aliphatic heterocycles. The lowest BCUT2D eigenvalue weighted by molar-refractivity contribution is 1.23. The summed E-state index contributed by atoms with van der Waals surface area (Å²) in [4.78, 5) is 32.4. The summed E-state index contributed by atoms with van der Waals surface area (Å²) < 4.78 is 0. The van der Waals surface area contributed by atoms with Gasteiger partial charge >= 0.3 is 0 Å². The van der Waals surface area contributed by atoms with Gasteiger partial charge in [-0.25, -0.2) is 34.7 Å². The summed E-state index contributed by atoms with van der Waals surface area (Å²) in [5, 5.41) is 35.3. The van der Waals surface area contributed by atoms with Crippen LogP contribution >= 0.6 is 0 Å². The second kappa shape index (κ2) is 29.9. The number of rotatable bonds is 9. The van der Waals surface area contributed by atoms with Crippen LogP contribution in [0.15, 0.2) is 383 Å². The van der Waals surface area contributed by atoms with Crippen LogP contribution in [0.1, 0.15) is 11.1 Å². The van der Waals surface area contributed by atoms with E-state index in [1.165, 1.54) is 32.3 Å². The van der Waals surface area contributed by atoms with Crippen LogP contribution in [0.5, 0.6) is 0 Å². The zero-order valence-electron chi connectivity index (χ0n) is 61.4. The number of hydrogen-bond donors (Lipinski definition) is 0. The summed E-state index contributed by atoms with van der Waals surface area (Å²) in [6.45, 7) is 7.21. The van der Waals surface area contributed by atoms with Gasteiger partial charge in [0.15, 0.2) is 23.2 Å². The number of benzene rings is 18. The molecule has 0 atom stereocenters. The fourth-order valence-corrected chi connectivity index (χ4v) is 15.4. The maximum atomic E-state index is 9.16. The molecule has 0 aliphatic rings. The Morgan fingerprint density at radius 1 is 0.219 bits per heavy atom. The van der Waals surface area contributed by atoms with E-state index in [1.807, 2.05) is 164 Å². The van der Waals surface area contributed by atoms with Crippen LogP contribution in [0.3, 0.4) is 0 Å². The summed E-state index contributed by atoms with van der Waals surface area (Å²) in [6.07, 6.45) is 5.71. The number of para-hydroxylation sites is 3. The lowest BCUT2D eigenvalue weighted by Crippen LogP contribution is -1.92. The van der Waals surface area contributed by atoms with Crippen molar-refractivity contribution in [1.82, 2.24) is 29.9 Å². The van der Waals surface area contributed by atoms with Crippen molar-refractivity contribution >= 4 is 103 Å². The Morgan fingerprint density at radius 2 is 0.518 bits per heavy atom. The van der Waals surface area contributed by atoms with Crippen molar-refractivity contribution in [1.29, 1.82) is 10.5 Å². The van der Waals surface area contributed by atoms with E-state index in [0.717, 1.165) is 166 Å². The quantitative estimate of drug-likeness (QED) is 0.131. The monoisotopic (exact) mass is 1450 g/mol. The van der Waals surface area contributed by atoms with Crippen LogP contribution in [-0.4, -0.2) is 29.9 Å². The van der Waals surface area contributed by atoms with Crippen LogP contribution in [0.25, 0.3) is 203 Å². The van der Waals surface area contributed by atoms with Gasteiger partial charge in [0.2, 0.25) is 0 Å². The molecule has 0 unspecified atom stereocenters. The van der Waals surface area contributed by atoms with Gasteiger partial charge in [0.05, 0.1) is 46.4 Å². The molecule has 9 heteroatoms. The van der Waals surface area contributed by atoms with E-state index in [9.17, 15) is 0 Å². The number of nitriles is 2. The fourth-order valence-electron chi connectivity index (χ4n) is 15.4. The van der Waals surface area contributed by atoms with Crippen molar-refractivity contribution in [2.24, 2.45) is 0 Å². The van der Waals surface area contributed by atoms with Gasteiger partial charge in [-0.3, -0.25) is 0 Å². The molecule has 0 aliphatic carbocycles. The van der Waals surface area contributed by atoms with Crippen LogP contribution in [-0.2, 0) is 0 Å². The third-order valence-corrected chi connectivity index (χ3v) is 21.3. The zero-order valence-corrected chi connectivity index (χ0v) is 61.4. The molecule has 0 fully saturated rings. The van der Waals surface area contributed by atoms with E-state index in [2.05, 4.69) is 235 Å². The van der Waals surface area contributed by atoms with E-state index >= 15 is 0 Å². The van der Waals surface area contributed by atoms with Crippen molar-refractivity contribution in [3.05, 3.63) is 405 Å². The molecule has 114 heavy (non-hydrogen) atoms. The van der Waals surface area contributed by atoms with Crippen molar-refractivity contribution in [3.8, 4) is 113 Å². The predicted molar refractivity (Wildman–Crippen MR) is 468 cm³/mol. The Balaban J connectivity index is 0.000000115. The van der Waals surface area contributed by atoms with Gasteiger partial charge < -0.3 is 0 Å². The molecule has 0 saturated carbocycles. The molecule has 9 nitrogen and oxygen atoms in total. The highest BCUT2D eigenvalue weighted by Crippen LogP contribution is 2.41. The van der Waals surface area contributed by atoms with Crippen LogP contribution in [0, 0.1) is 29.2 Å². The summed E-state index contributed by atoms with van der Waals surface area (Å²) >= 11 is 0. The van der Waals surface area contributed by atoms with Crippen molar-refractivity contribution in [2.75, 3.05) is 0 Å². The normalized spacial score (nSPS) is 11.1. The van der Waals surface area contributed by atoms with Gasteiger partial charge in [-0.05, 0) is 241 Å². The van der Waals surface area contributed by atoms with Crippen molar-refractivity contribution in [2.45, 2.75) is 0 Å². The molecule has 528 valence electrons. The summed E-state index contributed by atoms with van der Waals surface area (Å²) in [6, 6.07) is 130. The molecule has 0 amide bonds. The lowest BCUT2D eigenvalue weighted by atomic mass is 9.92. The van der Waals surface area contributed by atoms with Crippen LogP contribution < -0.4 is 0 Å². The predicted octanol–water partition coefficient (Wildman–Crippen LogP) is 27.1. The summed E-state index contributed by atoms with van der Waals surface area (Å²) in [5.41, 5.74) is 21.4. The summed E-state index contributed by atoms with van der Waals surface area (Å²) in [5.74, 6) is 2.19. The Kier molecular flexibility index (Phi) is 18.0. The Labute approximate surface area is 657 Å². The number of aromatic nitrogens is 6. The number of fused-ring (bicyclic) bond motifs is 9. The van der Waals surface area contributed by atoms with E-state index in [1.54, 1.807) is 0 Å². The molecule has 0 radical (unpaired) electrons. The van der Waals surface area contributed by atoms with Crippen molar-refractivity contribution < 1.29 is 0 Å². The van der Waals surface area contributed by atoms with Crippen LogP contribution in [0.4, 0.5) is 5.69 Å². The highest BCUT2D eigenvalue weighted by molar-refractivity contribution is 6.05. The average molecular weight is 1450 g/mol. The van der Waals surface area contributed by atoms with Gasteiger partial charge in [-0.15, -0.1) is 0 Å². The standard InChI is InChI=1S/3C35H21N3/c1-36-31-16-14-23(15-17-31)25-12-10-24-11-13-26(19-29(24)18-25)30-20-27-6-2-4-8-32(27)33(21-30)35-37-22-28-7-3-5-9-34(28)38-35;36-21-23-12-14-24(15-13-23)30-10-5-8-27-18-25(16-17-32(27)30)29-19-26-6-1-3-9-31(26)33(20-29)35-37-22-28-7-2-4-11-34(28)38-35;36-21-23-9-11-24(12-10-23)25-13-14-27-18-28(16-15-26(27)17-25)31-19-29-5-1-3-7-32(29)33(20-31)35-37-22-30-6-2-4-8-34(30)38-35/h2-22H;2*1-20,22H. The topological polar surface area (TPSA) is 129 Å². The molecule has 3 heterocycles. The minimum Gasteiger partial charge on any atom is -0.238 e. The van der Waals surface area contributed by atoms with Gasteiger partial charge in [0.1, 0.15) is 0 Å². The van der Waals surface area contributed by atoms with Gasteiger partial charge in [0.25, 0.3) is 0 Å². The Hall–Kier alpha value is -16.0. The highest BCUT2D eigenvalue weighted by Gasteiger charge is 2.18. The van der Waals surface area contributed by atoms with Gasteiger partial charge in [-0.1, -0.05) is 255 Å². The number of hydrogen-bond acceptors (Lipinski definition) is 8. The first-order chi connectivity index (χ1) is 56.3. The van der Waals surface area contributed by atoms with E-state index in [4.69, 9.17) is 47.0 Å². The van der Waals surface area contributed by atoms with E-state index in [-0.39, 0.29) is 0 Å². The molecular weight excluding hydrogens is 1390 g/mol. The second-order valence-electron chi connectivity index (χ2n) is 28.3. The molecule has 0 N–H and O–H groups in total. The molecule has 0 bridgehead atoms. The molecule has 0 spiro atoms. The SMILES string of the molecule is N#Cc1ccc(-c2ccc3cc(-c4cc(-c5ncc6ccccc6n5)c5ccccc5c4)ccc3c2)cc1.N#Cc1ccc(-c2cccc3cc(-c4cc(-c5ncc6ccccc6n5)c5ccccc5c4)ccc23)cc1.[C-]#[N+]c1ccc(-c2ccc3ccc(-c4cc(-c5ncc6ccccc6n5)c5ccccc5c4)cc3c2)cc1. The molecule has 3 aromatic heterocycles. The smallest absolute Gasteiger partial charge is 0.187 e. The molecule has 18 aromatic carbocycles. The largest absolute Gasteiger partial charge is 0.238 e. The minimum absolute atomic E-state index is 0.652. The van der Waals surface area contributed by atoms with Gasteiger partial charge in [-0.2, -0.15) is 10.5 Å². The average Bonchev–Trinajstić information content (AvgIpc) is 0.777. The van der Waals surface area contributed by atoms with Crippen molar-refractivity contribution in [3.63, 3.8) is 0 Å². The second-order valence-corrected chi connectivity index (χ2v) is 28.3. The Morgan fingerprint density at radius 3 is 0.921 bits per heavy atom. The third-order valence-electron chi connectivity index (χ3n) is 21.3. The maximum Gasteiger partial charge on any atom is 0.187 e. The van der Waals surface area contributed by atoms with Crippen LogP contribution in [0.2, 0.25) is 0 Å². The molecule has 21 aromatic rings. The van der Waals surface area contributed by atoms with E-state index in [0.29, 0.717) is 16.8 Å². The van der Waals surface area contributed by atoms with E-state index < -0.39 is 0 Å². The molecular formula is C105H63N9. The molecule has 0 saturated heterocycles. The first-order valence-electron chi connectivity index (χ1n) is 37.6. The Bertz CT molecular complexity index is 7350. The molecule has 21 rings (SSSR count). The third kappa shape index (κ3) is 13.6. The minimum atomic E-state index is 0.652.